The molecule has 16 heteroatoms. The summed E-state index contributed by atoms with van der Waals surface area (Å²) in [5.41, 5.74) is 4.53. The Morgan fingerprint density at radius 3 is 2.32 bits per heavy atom. The average molecular weight is 910 g/mol. The molecular weight excluding hydrogens is 855 g/mol. The molecule has 0 spiro atoms. The second kappa shape index (κ2) is 19.7. The van der Waals surface area contributed by atoms with Crippen molar-refractivity contribution in [2.45, 2.75) is 120 Å². The fourth-order valence-electron chi connectivity index (χ4n) is 9.32. The molecule has 350 valence electrons. The molecule has 10 N–H and O–H groups in total. The first-order chi connectivity index (χ1) is 31.4. The Hall–Kier alpha value is -5.66. The molecule has 2 fully saturated rings. The van der Waals surface area contributed by atoms with E-state index in [4.69, 9.17) is 19.9 Å². The Labute approximate surface area is 380 Å². The van der Waals surface area contributed by atoms with Crippen molar-refractivity contribution in [3.63, 3.8) is 0 Å². The summed E-state index contributed by atoms with van der Waals surface area (Å²) in [6.45, 7) is 2.05. The third kappa shape index (κ3) is 9.34. The van der Waals surface area contributed by atoms with Crippen molar-refractivity contribution in [1.29, 1.82) is 0 Å². The van der Waals surface area contributed by atoms with Crippen molar-refractivity contribution in [2.75, 3.05) is 6.54 Å². The molecule has 4 aromatic rings. The molecule has 3 aliphatic rings. The highest BCUT2D eigenvalue weighted by molar-refractivity contribution is 6.31. The van der Waals surface area contributed by atoms with Gasteiger partial charge in [0.2, 0.25) is 12.1 Å². The summed E-state index contributed by atoms with van der Waals surface area (Å²) in [6.07, 6.45) is -0.357. The number of phenolic OH excluding ortho intramolecular Hbond substituents is 1. The molecule has 16 nitrogen and oxygen atoms in total. The Morgan fingerprint density at radius 2 is 1.64 bits per heavy atom. The molecule has 1 saturated heterocycles. The third-order valence-corrected chi connectivity index (χ3v) is 12.8. The largest absolute Gasteiger partial charge is 0.507 e. The zero-order valence-corrected chi connectivity index (χ0v) is 36.6. The molecule has 0 aromatic heterocycles. The van der Waals surface area contributed by atoms with E-state index in [-0.39, 0.29) is 51.1 Å². The van der Waals surface area contributed by atoms with Gasteiger partial charge in [-0.15, -0.1) is 0 Å². The van der Waals surface area contributed by atoms with Gasteiger partial charge in [-0.2, -0.15) is 0 Å². The van der Waals surface area contributed by atoms with Crippen LogP contribution >= 0.6 is 0 Å². The summed E-state index contributed by atoms with van der Waals surface area (Å²) in [4.78, 5) is 55.3. The number of hydrogen-bond donors (Lipinski definition) is 9. The first-order valence-electron chi connectivity index (χ1n) is 22.0. The molecule has 0 radical (unpaired) electrons. The van der Waals surface area contributed by atoms with Crippen LogP contribution in [0.4, 0.5) is 0 Å². The van der Waals surface area contributed by atoms with Crippen LogP contribution in [0.3, 0.4) is 0 Å². The fraction of sp³-hybridized carbons (Fsp3) is 0.400. The van der Waals surface area contributed by atoms with E-state index in [2.05, 4.69) is 0 Å². The normalized spacial score (nSPS) is 21.5. The van der Waals surface area contributed by atoms with Crippen molar-refractivity contribution in [3.8, 4) is 17.2 Å². The molecule has 4 aromatic carbocycles. The van der Waals surface area contributed by atoms with Gasteiger partial charge in [-0.05, 0) is 91.6 Å². The summed E-state index contributed by atoms with van der Waals surface area (Å²) in [6, 6.07) is 14.4. The van der Waals surface area contributed by atoms with E-state index in [9.17, 15) is 55.2 Å². The molecule has 2 aliphatic carbocycles. The van der Waals surface area contributed by atoms with Crippen LogP contribution in [0.2, 0.25) is 0 Å². The number of rotatable bonds is 15. The lowest BCUT2D eigenvalue weighted by Gasteiger charge is -2.44. The number of phenols is 1. The lowest BCUT2D eigenvalue weighted by molar-refractivity contribution is -0.371. The van der Waals surface area contributed by atoms with E-state index < -0.39 is 88.9 Å². The van der Waals surface area contributed by atoms with Crippen molar-refractivity contribution in [2.24, 2.45) is 5.73 Å². The number of aliphatic hydroxyl groups excluding tert-OH is 4. The lowest BCUT2D eigenvalue weighted by atomic mass is 9.76. The molecule has 7 rings (SSSR count). The molecule has 5 unspecified atom stereocenters. The zero-order valence-electron chi connectivity index (χ0n) is 36.6. The number of ketones is 2. The maximum absolute atomic E-state index is 15.1. The zero-order chi connectivity index (χ0) is 47.7. The number of fused-ring (bicyclic) bond motifs is 2. The molecule has 0 amide bonds. The Bertz CT molecular complexity index is 2560. The van der Waals surface area contributed by atoms with Crippen molar-refractivity contribution >= 4 is 36.0 Å². The summed E-state index contributed by atoms with van der Waals surface area (Å²) in [7, 11) is 0. The first-order valence-corrected chi connectivity index (χ1v) is 22.0. The number of esters is 1. The summed E-state index contributed by atoms with van der Waals surface area (Å²) < 4.78 is 17.3. The number of aliphatic hydroxyl groups is 7. The van der Waals surface area contributed by atoms with E-state index >= 15 is 4.79 Å². The molecular formula is C50H55NO15. The number of hydrogen-bond acceptors (Lipinski definition) is 16. The van der Waals surface area contributed by atoms with Gasteiger partial charge < -0.3 is 60.8 Å². The molecule has 1 aliphatic heterocycles. The predicted molar refractivity (Wildman–Crippen MR) is 238 cm³/mol. The van der Waals surface area contributed by atoms with Gasteiger partial charge in [-0.1, -0.05) is 67.8 Å². The van der Waals surface area contributed by atoms with Crippen LogP contribution in [-0.2, 0) is 34.6 Å². The lowest BCUT2D eigenvalue weighted by Crippen LogP contribution is -2.67. The van der Waals surface area contributed by atoms with E-state index in [0.29, 0.717) is 56.1 Å². The molecule has 0 bridgehead atoms. The average Bonchev–Trinajstić information content (AvgIpc) is 3.29. The molecule has 1 heterocycles. The molecule has 1 saturated carbocycles. The number of ether oxygens (including phenoxy) is 3. The standard InChI is InChI=1S/C50H55NO15/c1-26-46(59)50(62,63)47(60)48(64-26)66-39-23-35-42(43(56)34(39)21-30-11-7-13-37(36(30)25-53)49(61)16-4-3-5-17-49)45(58)40-31(24-52)22-38(65-27(2)54)33(41(40)44(35)57)15-14-28-9-6-10-29(19-28)20-32(55)12-8-18-51/h6-7,9-11,13-15,19,22-23,25-26,32,46-48,52,55-56,59-63H,3-5,8,12,16-18,20-21,24,51H2,1-2H3. The van der Waals surface area contributed by atoms with Crippen LogP contribution in [0.1, 0.15) is 140 Å². The van der Waals surface area contributed by atoms with Crippen LogP contribution in [0.25, 0.3) is 12.2 Å². The number of nitrogens with two attached hydrogens (primary N) is 1. The number of aromatic hydroxyl groups is 1. The Balaban J connectivity index is 1.40. The molecule has 5 atom stereocenters. The van der Waals surface area contributed by atoms with Crippen molar-refractivity contribution in [3.05, 3.63) is 121 Å². The summed E-state index contributed by atoms with van der Waals surface area (Å²) in [5, 5.41) is 88.1. The van der Waals surface area contributed by atoms with Gasteiger partial charge in [-0.3, -0.25) is 19.2 Å². The second-order valence-electron chi connectivity index (χ2n) is 17.4. The van der Waals surface area contributed by atoms with Gasteiger partial charge in [0.05, 0.1) is 30.0 Å². The highest BCUT2D eigenvalue weighted by atomic mass is 16.7. The highest BCUT2D eigenvalue weighted by Gasteiger charge is 2.54. The van der Waals surface area contributed by atoms with Crippen LogP contribution in [-0.4, -0.2) is 108 Å². The molecule has 66 heavy (non-hydrogen) atoms. The SMILES string of the molecule is CC(=O)Oc1cc(CO)c2c(c1C=Cc1cccc(CC(O)CCCN)c1)C(=O)c1cc(OC3OC(C)C(O)C(O)(O)C3O)c(Cc3cccc(C4(O)CCCCC4)c3C=O)c(O)c1C2=O. The van der Waals surface area contributed by atoms with Crippen LogP contribution in [0.15, 0.2) is 54.6 Å². The van der Waals surface area contributed by atoms with Crippen LogP contribution in [0, 0.1) is 0 Å². The minimum atomic E-state index is -3.16. The summed E-state index contributed by atoms with van der Waals surface area (Å²) >= 11 is 0. The van der Waals surface area contributed by atoms with Gasteiger partial charge in [-0.25, -0.2) is 0 Å². The number of aldehydes is 1. The van der Waals surface area contributed by atoms with Crippen molar-refractivity contribution < 1.29 is 74.2 Å². The quantitative estimate of drug-likeness (QED) is 0.0239. The number of carbonyl (C=O) groups excluding carboxylic acids is 4. The highest BCUT2D eigenvalue weighted by Crippen LogP contribution is 2.46. The monoisotopic (exact) mass is 909 g/mol. The Morgan fingerprint density at radius 1 is 0.909 bits per heavy atom. The first kappa shape index (κ1) is 48.3. The number of carbonyl (C=O) groups is 4. The van der Waals surface area contributed by atoms with Gasteiger partial charge in [0, 0.05) is 46.7 Å². The maximum atomic E-state index is 15.1. The number of benzene rings is 4. The Kier molecular flexibility index (Phi) is 14.4. The minimum Gasteiger partial charge on any atom is -0.507 e. The van der Waals surface area contributed by atoms with Crippen LogP contribution < -0.4 is 15.2 Å². The minimum absolute atomic E-state index is 0.0342. The van der Waals surface area contributed by atoms with Gasteiger partial charge in [0.1, 0.15) is 23.4 Å². The topological polar surface area (TPSA) is 284 Å². The van der Waals surface area contributed by atoms with E-state index in [0.717, 1.165) is 37.8 Å². The smallest absolute Gasteiger partial charge is 0.308 e. The second-order valence-corrected chi connectivity index (χ2v) is 17.4. The maximum Gasteiger partial charge on any atom is 0.308 e. The van der Waals surface area contributed by atoms with E-state index in [1.807, 2.05) is 12.1 Å². The van der Waals surface area contributed by atoms with Crippen LogP contribution in [0.5, 0.6) is 17.2 Å². The fourth-order valence-corrected chi connectivity index (χ4v) is 9.32. The van der Waals surface area contributed by atoms with Crippen molar-refractivity contribution in [1.82, 2.24) is 0 Å². The van der Waals surface area contributed by atoms with Gasteiger partial charge >= 0.3 is 5.97 Å². The van der Waals surface area contributed by atoms with E-state index in [1.165, 1.54) is 19.1 Å². The third-order valence-electron chi connectivity index (χ3n) is 12.8. The summed E-state index contributed by atoms with van der Waals surface area (Å²) in [5.74, 6) is -7.12. The van der Waals surface area contributed by atoms with E-state index in [1.54, 1.807) is 36.4 Å². The predicted octanol–water partition coefficient (Wildman–Crippen LogP) is 3.48. The van der Waals surface area contributed by atoms with Gasteiger partial charge in [0.15, 0.2) is 24.0 Å². The van der Waals surface area contributed by atoms with Gasteiger partial charge in [0.25, 0.3) is 0 Å².